The molecule has 0 aliphatic rings. The zero-order valence-corrected chi connectivity index (χ0v) is 11.6. The summed E-state index contributed by atoms with van der Waals surface area (Å²) >= 11 is 7.27. The molecule has 1 aromatic heterocycles. The van der Waals surface area contributed by atoms with Gasteiger partial charge in [0.25, 0.3) is 0 Å². The van der Waals surface area contributed by atoms with Crippen LogP contribution in [0.15, 0.2) is 36.4 Å². The molecule has 2 aromatic rings. The van der Waals surface area contributed by atoms with Gasteiger partial charge in [-0.05, 0) is 29.8 Å². The highest BCUT2D eigenvalue weighted by Crippen LogP contribution is 2.20. The Morgan fingerprint density at radius 2 is 2.00 bits per heavy atom. The molecule has 0 aliphatic heterocycles. The first-order chi connectivity index (χ1) is 9.17. The number of nitrogens with one attached hydrogen (secondary N) is 1. The van der Waals surface area contributed by atoms with Gasteiger partial charge in [0.1, 0.15) is 0 Å². The number of thiophene rings is 1. The van der Waals surface area contributed by atoms with E-state index in [2.05, 4.69) is 5.32 Å². The van der Waals surface area contributed by atoms with Gasteiger partial charge in [0.05, 0.1) is 28.9 Å². The number of halogens is 1. The summed E-state index contributed by atoms with van der Waals surface area (Å²) < 4.78 is 0.719. The Labute approximate surface area is 120 Å². The van der Waals surface area contributed by atoms with E-state index < -0.39 is 0 Å². The zero-order chi connectivity index (χ0) is 13.7. The molecule has 0 fully saturated rings. The molecule has 19 heavy (non-hydrogen) atoms. The summed E-state index contributed by atoms with van der Waals surface area (Å²) in [6.45, 7) is 0.493. The Balaban J connectivity index is 1.85. The molecule has 0 bridgehead atoms. The van der Waals surface area contributed by atoms with Crippen LogP contribution in [0.1, 0.15) is 16.0 Å². The van der Waals surface area contributed by atoms with Crippen LogP contribution in [0.4, 0.5) is 0 Å². The first-order valence-corrected chi connectivity index (χ1v) is 6.87. The Hall–Kier alpha value is -1.83. The summed E-state index contributed by atoms with van der Waals surface area (Å²) in [5, 5.41) is 11.5. The van der Waals surface area contributed by atoms with Crippen LogP contribution in [0.25, 0.3) is 0 Å². The van der Waals surface area contributed by atoms with E-state index in [9.17, 15) is 4.79 Å². The number of hydrogen-bond acceptors (Lipinski definition) is 3. The smallest absolute Gasteiger partial charge is 0.224 e. The number of carbonyl (C=O) groups excluding carboxylic acids is 1. The van der Waals surface area contributed by atoms with Crippen molar-refractivity contribution >= 4 is 28.8 Å². The average molecular weight is 291 g/mol. The summed E-state index contributed by atoms with van der Waals surface area (Å²) in [7, 11) is 0. The highest BCUT2D eigenvalue weighted by atomic mass is 35.5. The highest BCUT2D eigenvalue weighted by molar-refractivity contribution is 7.16. The van der Waals surface area contributed by atoms with Crippen LogP contribution in [-0.4, -0.2) is 5.91 Å². The van der Waals surface area contributed by atoms with Crippen molar-refractivity contribution < 1.29 is 4.79 Å². The fourth-order valence-corrected chi connectivity index (χ4v) is 2.60. The Bertz CT molecular complexity index is 613. The second kappa shape index (κ2) is 6.37. The van der Waals surface area contributed by atoms with Crippen molar-refractivity contribution in [1.29, 1.82) is 5.26 Å². The molecule has 1 amide bonds. The second-order valence-electron chi connectivity index (χ2n) is 3.97. The fourth-order valence-electron chi connectivity index (χ4n) is 1.58. The van der Waals surface area contributed by atoms with Gasteiger partial charge in [0.15, 0.2) is 0 Å². The van der Waals surface area contributed by atoms with Gasteiger partial charge >= 0.3 is 0 Å². The topological polar surface area (TPSA) is 52.9 Å². The quantitative estimate of drug-likeness (QED) is 0.940. The van der Waals surface area contributed by atoms with Gasteiger partial charge in [-0.2, -0.15) is 5.26 Å². The summed E-state index contributed by atoms with van der Waals surface area (Å²) in [6, 6.07) is 12.8. The number of nitriles is 1. The van der Waals surface area contributed by atoms with Gasteiger partial charge in [-0.25, -0.2) is 0 Å². The first kappa shape index (κ1) is 13.6. The lowest BCUT2D eigenvalue weighted by molar-refractivity contribution is -0.120. The van der Waals surface area contributed by atoms with E-state index in [4.69, 9.17) is 16.9 Å². The first-order valence-electron chi connectivity index (χ1n) is 5.67. The van der Waals surface area contributed by atoms with Crippen molar-refractivity contribution in [1.82, 2.24) is 5.32 Å². The molecule has 1 N–H and O–H groups in total. The van der Waals surface area contributed by atoms with Crippen molar-refractivity contribution in [3.05, 3.63) is 56.7 Å². The number of hydrogen-bond donors (Lipinski definition) is 1. The SMILES string of the molecule is N#Cc1ccc(CC(=O)NCc2ccc(Cl)s2)cc1. The van der Waals surface area contributed by atoms with Crippen LogP contribution in [-0.2, 0) is 17.8 Å². The van der Waals surface area contributed by atoms with Crippen molar-refractivity contribution in [3.8, 4) is 6.07 Å². The standard InChI is InChI=1S/C14H11ClN2OS/c15-13-6-5-12(19-13)9-17-14(18)7-10-1-3-11(8-16)4-2-10/h1-6H,7,9H2,(H,17,18). The molecule has 0 saturated carbocycles. The molecule has 3 nitrogen and oxygen atoms in total. The molecule has 2 rings (SSSR count). The minimum atomic E-state index is -0.0470. The van der Waals surface area contributed by atoms with Gasteiger partial charge in [0, 0.05) is 4.88 Å². The third-order valence-electron chi connectivity index (χ3n) is 2.54. The van der Waals surface area contributed by atoms with Crippen molar-refractivity contribution in [2.75, 3.05) is 0 Å². The van der Waals surface area contributed by atoms with E-state index in [1.165, 1.54) is 11.3 Å². The molecule has 0 radical (unpaired) electrons. The van der Waals surface area contributed by atoms with Crippen LogP contribution in [0.3, 0.4) is 0 Å². The molecule has 0 saturated heterocycles. The predicted molar refractivity (Wildman–Crippen MR) is 76.0 cm³/mol. The molecule has 5 heteroatoms. The lowest BCUT2D eigenvalue weighted by Gasteiger charge is -2.03. The molecule has 0 atom stereocenters. The van der Waals surface area contributed by atoms with Crippen molar-refractivity contribution in [2.45, 2.75) is 13.0 Å². The lowest BCUT2D eigenvalue weighted by Crippen LogP contribution is -2.24. The molecular formula is C14H11ClN2OS. The molecule has 0 aliphatic carbocycles. The third kappa shape index (κ3) is 4.09. The normalized spacial score (nSPS) is 9.89. The van der Waals surface area contributed by atoms with E-state index >= 15 is 0 Å². The van der Waals surface area contributed by atoms with Gasteiger partial charge in [-0.15, -0.1) is 11.3 Å². The van der Waals surface area contributed by atoms with Crippen molar-refractivity contribution in [3.63, 3.8) is 0 Å². The molecule has 0 unspecified atom stereocenters. The predicted octanol–water partition coefficient (Wildman–Crippen LogP) is 3.13. The van der Waals surface area contributed by atoms with Crippen LogP contribution >= 0.6 is 22.9 Å². The minimum Gasteiger partial charge on any atom is -0.351 e. The summed E-state index contributed by atoms with van der Waals surface area (Å²) in [6.07, 6.45) is 0.310. The Morgan fingerprint density at radius 3 is 2.58 bits per heavy atom. The van der Waals surface area contributed by atoms with Crippen molar-refractivity contribution in [2.24, 2.45) is 0 Å². The molecule has 1 heterocycles. The summed E-state index contributed by atoms with van der Waals surface area (Å²) in [5.74, 6) is -0.0470. The van der Waals surface area contributed by atoms with Crippen LogP contribution < -0.4 is 5.32 Å². The largest absolute Gasteiger partial charge is 0.351 e. The Morgan fingerprint density at radius 1 is 1.26 bits per heavy atom. The van der Waals surface area contributed by atoms with E-state index in [1.54, 1.807) is 24.3 Å². The number of amides is 1. The number of carbonyl (C=O) groups is 1. The van der Waals surface area contributed by atoms with Gasteiger partial charge in [-0.3, -0.25) is 4.79 Å². The van der Waals surface area contributed by atoms with E-state index in [1.807, 2.05) is 18.2 Å². The van der Waals surface area contributed by atoms with Gasteiger partial charge in [-0.1, -0.05) is 23.7 Å². The maximum Gasteiger partial charge on any atom is 0.224 e. The third-order valence-corrected chi connectivity index (χ3v) is 3.77. The van der Waals surface area contributed by atoms with Gasteiger partial charge in [0.2, 0.25) is 5.91 Å². The molecule has 96 valence electrons. The lowest BCUT2D eigenvalue weighted by atomic mass is 10.1. The second-order valence-corrected chi connectivity index (χ2v) is 5.77. The maximum absolute atomic E-state index is 11.7. The van der Waals surface area contributed by atoms with Crippen LogP contribution in [0.5, 0.6) is 0 Å². The average Bonchev–Trinajstić information content (AvgIpc) is 2.83. The highest BCUT2D eigenvalue weighted by Gasteiger charge is 2.04. The van der Waals surface area contributed by atoms with E-state index in [-0.39, 0.29) is 5.91 Å². The van der Waals surface area contributed by atoms with Crippen LogP contribution in [0, 0.1) is 11.3 Å². The Kier molecular flexibility index (Phi) is 4.56. The zero-order valence-electron chi connectivity index (χ0n) is 10.0. The number of rotatable bonds is 4. The molecule has 0 spiro atoms. The molecule has 1 aromatic carbocycles. The number of nitrogens with zero attached hydrogens (tertiary/aromatic N) is 1. The van der Waals surface area contributed by atoms with E-state index in [0.717, 1.165) is 14.8 Å². The molecular weight excluding hydrogens is 280 g/mol. The fraction of sp³-hybridized carbons (Fsp3) is 0.143. The minimum absolute atomic E-state index is 0.0470. The monoisotopic (exact) mass is 290 g/mol. The van der Waals surface area contributed by atoms with Crippen LogP contribution in [0.2, 0.25) is 4.34 Å². The van der Waals surface area contributed by atoms with Gasteiger partial charge < -0.3 is 5.32 Å². The summed E-state index contributed by atoms with van der Waals surface area (Å²) in [5.41, 5.74) is 1.48. The van der Waals surface area contributed by atoms with E-state index in [0.29, 0.717) is 18.5 Å². The number of benzene rings is 1. The maximum atomic E-state index is 11.7. The summed E-state index contributed by atoms with van der Waals surface area (Å²) in [4.78, 5) is 12.8.